The molecule has 2 aliphatic rings. The zero-order valence-corrected chi connectivity index (χ0v) is 10.5. The van der Waals surface area contributed by atoms with Gasteiger partial charge in [0.05, 0.1) is 12.6 Å². The molecule has 1 aliphatic heterocycles. The van der Waals surface area contributed by atoms with E-state index in [0.29, 0.717) is 11.3 Å². The minimum Gasteiger partial charge on any atom is -0.493 e. The summed E-state index contributed by atoms with van der Waals surface area (Å²) >= 11 is 0. The summed E-state index contributed by atoms with van der Waals surface area (Å²) in [6.45, 7) is 5.40. The van der Waals surface area contributed by atoms with Crippen LogP contribution in [0.5, 0.6) is 5.75 Å². The largest absolute Gasteiger partial charge is 0.493 e. The highest BCUT2D eigenvalue weighted by Gasteiger charge is 2.51. The number of para-hydroxylation sites is 1. The van der Waals surface area contributed by atoms with Crippen LogP contribution in [0, 0.1) is 11.3 Å². The smallest absolute Gasteiger partial charge is 0.127 e. The van der Waals surface area contributed by atoms with Crippen molar-refractivity contribution in [2.24, 2.45) is 17.2 Å². The van der Waals surface area contributed by atoms with Gasteiger partial charge in [-0.25, -0.2) is 0 Å². The second-order valence-electron chi connectivity index (χ2n) is 5.88. The van der Waals surface area contributed by atoms with Crippen LogP contribution < -0.4 is 16.0 Å². The minimum absolute atomic E-state index is 0.220. The molecule has 1 heterocycles. The van der Waals surface area contributed by atoms with Crippen LogP contribution in [0.1, 0.15) is 37.4 Å². The molecule has 2 unspecified atom stereocenters. The van der Waals surface area contributed by atoms with E-state index in [2.05, 4.69) is 37.5 Å². The first-order valence-electron chi connectivity index (χ1n) is 6.34. The highest BCUT2D eigenvalue weighted by molar-refractivity contribution is 5.46. The normalized spacial score (nSPS) is 26.2. The Kier molecular flexibility index (Phi) is 2.42. The van der Waals surface area contributed by atoms with Gasteiger partial charge in [-0.1, -0.05) is 32.0 Å². The Bertz CT molecular complexity index is 442. The van der Waals surface area contributed by atoms with E-state index in [0.717, 1.165) is 18.8 Å². The molecule has 1 fully saturated rings. The van der Waals surface area contributed by atoms with E-state index in [1.54, 1.807) is 0 Å². The van der Waals surface area contributed by atoms with E-state index < -0.39 is 0 Å². The first-order valence-corrected chi connectivity index (χ1v) is 6.34. The number of hydrogen-bond donors (Lipinski definition) is 2. The molecule has 17 heavy (non-hydrogen) atoms. The van der Waals surface area contributed by atoms with Crippen molar-refractivity contribution >= 4 is 0 Å². The molecule has 1 saturated carbocycles. The van der Waals surface area contributed by atoms with Gasteiger partial charge in [0.25, 0.3) is 0 Å². The molecule has 3 rings (SSSR count). The number of nitrogens with two attached hydrogens (primary N) is 1. The first kappa shape index (κ1) is 11.1. The third-order valence-electron chi connectivity index (χ3n) is 4.25. The van der Waals surface area contributed by atoms with Crippen molar-refractivity contribution in [3.63, 3.8) is 0 Å². The van der Waals surface area contributed by atoms with Crippen LogP contribution in [0.2, 0.25) is 0 Å². The monoisotopic (exact) mass is 232 g/mol. The zero-order valence-electron chi connectivity index (χ0n) is 10.5. The van der Waals surface area contributed by atoms with Crippen molar-refractivity contribution < 1.29 is 4.74 Å². The maximum atomic E-state index is 5.76. The van der Waals surface area contributed by atoms with Crippen LogP contribution in [0.3, 0.4) is 0 Å². The first-order chi connectivity index (χ1) is 8.13. The number of rotatable bonds is 3. The average Bonchev–Trinajstić information content (AvgIpc) is 2.77. The van der Waals surface area contributed by atoms with Crippen molar-refractivity contribution in [3.05, 3.63) is 29.3 Å². The SMILES string of the molecule is CC1(C)CC1C(NN)c1cccc2c1OCC2. The molecule has 3 N–H and O–H groups in total. The van der Waals surface area contributed by atoms with Gasteiger partial charge in [0, 0.05) is 12.0 Å². The van der Waals surface area contributed by atoms with E-state index >= 15 is 0 Å². The average molecular weight is 232 g/mol. The molecule has 2 atom stereocenters. The fourth-order valence-corrected chi connectivity index (χ4v) is 2.99. The summed E-state index contributed by atoms with van der Waals surface area (Å²) in [6, 6.07) is 6.63. The second kappa shape index (κ2) is 3.72. The molecule has 1 aromatic carbocycles. The molecular weight excluding hydrogens is 212 g/mol. The van der Waals surface area contributed by atoms with E-state index in [-0.39, 0.29) is 6.04 Å². The molecule has 0 radical (unpaired) electrons. The number of nitrogens with one attached hydrogen (secondary N) is 1. The number of hydrogen-bond acceptors (Lipinski definition) is 3. The summed E-state index contributed by atoms with van der Waals surface area (Å²) in [6.07, 6.45) is 2.25. The Labute approximate surface area is 102 Å². The summed E-state index contributed by atoms with van der Waals surface area (Å²) < 4.78 is 5.76. The number of fused-ring (bicyclic) bond motifs is 1. The molecular formula is C14H20N2O. The molecule has 3 heteroatoms. The van der Waals surface area contributed by atoms with Crippen LogP contribution in [-0.2, 0) is 6.42 Å². The van der Waals surface area contributed by atoms with Gasteiger partial charge in [-0.05, 0) is 23.3 Å². The van der Waals surface area contributed by atoms with Gasteiger partial charge in [0.2, 0.25) is 0 Å². The van der Waals surface area contributed by atoms with Gasteiger partial charge in [-0.15, -0.1) is 0 Å². The molecule has 3 nitrogen and oxygen atoms in total. The van der Waals surface area contributed by atoms with Gasteiger partial charge in [-0.2, -0.15) is 0 Å². The molecule has 1 aromatic rings. The van der Waals surface area contributed by atoms with Gasteiger partial charge >= 0.3 is 0 Å². The van der Waals surface area contributed by atoms with E-state index in [9.17, 15) is 0 Å². The zero-order chi connectivity index (χ0) is 12.0. The van der Waals surface area contributed by atoms with E-state index in [4.69, 9.17) is 10.6 Å². The van der Waals surface area contributed by atoms with Crippen molar-refractivity contribution in [2.75, 3.05) is 6.61 Å². The predicted octanol–water partition coefficient (Wildman–Crippen LogP) is 2.17. The lowest BCUT2D eigenvalue weighted by molar-refractivity contribution is 0.340. The summed E-state index contributed by atoms with van der Waals surface area (Å²) in [4.78, 5) is 0. The Morgan fingerprint density at radius 3 is 2.88 bits per heavy atom. The van der Waals surface area contributed by atoms with E-state index in [1.807, 2.05) is 0 Å². The van der Waals surface area contributed by atoms with Gasteiger partial charge in [-0.3, -0.25) is 11.3 Å². The minimum atomic E-state index is 0.220. The molecule has 0 aromatic heterocycles. The van der Waals surface area contributed by atoms with Gasteiger partial charge in [0.15, 0.2) is 0 Å². The van der Waals surface area contributed by atoms with Crippen LogP contribution >= 0.6 is 0 Å². The number of ether oxygens (including phenoxy) is 1. The molecule has 0 bridgehead atoms. The fourth-order valence-electron chi connectivity index (χ4n) is 2.99. The standard InChI is InChI=1S/C14H20N2O/c1-14(2)8-11(14)12(16-15)10-5-3-4-9-6-7-17-13(9)10/h3-5,11-12,16H,6-8,15H2,1-2H3. The Balaban J connectivity index is 1.95. The highest BCUT2D eigenvalue weighted by Crippen LogP contribution is 2.58. The maximum absolute atomic E-state index is 5.76. The lowest BCUT2D eigenvalue weighted by Gasteiger charge is -2.20. The van der Waals surface area contributed by atoms with Crippen molar-refractivity contribution in [1.82, 2.24) is 5.43 Å². The fraction of sp³-hybridized carbons (Fsp3) is 0.571. The number of hydrazine groups is 1. The van der Waals surface area contributed by atoms with Crippen molar-refractivity contribution in [3.8, 4) is 5.75 Å². The van der Waals surface area contributed by atoms with Crippen molar-refractivity contribution in [2.45, 2.75) is 32.7 Å². The van der Waals surface area contributed by atoms with E-state index in [1.165, 1.54) is 17.5 Å². The lowest BCUT2D eigenvalue weighted by Crippen LogP contribution is -2.31. The summed E-state index contributed by atoms with van der Waals surface area (Å²) in [5.74, 6) is 7.44. The highest BCUT2D eigenvalue weighted by atomic mass is 16.5. The third kappa shape index (κ3) is 1.74. The Hall–Kier alpha value is -1.06. The topological polar surface area (TPSA) is 47.3 Å². The Morgan fingerprint density at radius 2 is 2.24 bits per heavy atom. The maximum Gasteiger partial charge on any atom is 0.127 e. The lowest BCUT2D eigenvalue weighted by atomic mass is 9.95. The van der Waals surface area contributed by atoms with Gasteiger partial charge in [0.1, 0.15) is 5.75 Å². The second-order valence-corrected chi connectivity index (χ2v) is 5.88. The van der Waals surface area contributed by atoms with Crippen LogP contribution in [-0.4, -0.2) is 6.61 Å². The van der Waals surface area contributed by atoms with Crippen LogP contribution in [0.25, 0.3) is 0 Å². The molecule has 92 valence electrons. The molecule has 0 amide bonds. The number of benzene rings is 1. The van der Waals surface area contributed by atoms with Gasteiger partial charge < -0.3 is 4.74 Å². The molecule has 0 saturated heterocycles. The predicted molar refractivity (Wildman–Crippen MR) is 67.6 cm³/mol. The molecule has 0 spiro atoms. The summed E-state index contributed by atoms with van der Waals surface area (Å²) in [5.41, 5.74) is 5.94. The summed E-state index contributed by atoms with van der Waals surface area (Å²) in [7, 11) is 0. The molecule has 1 aliphatic carbocycles. The van der Waals surface area contributed by atoms with Crippen LogP contribution in [0.15, 0.2) is 18.2 Å². The quantitative estimate of drug-likeness (QED) is 0.620. The third-order valence-corrected chi connectivity index (χ3v) is 4.25. The van der Waals surface area contributed by atoms with Crippen molar-refractivity contribution in [1.29, 1.82) is 0 Å². The Morgan fingerprint density at radius 1 is 1.47 bits per heavy atom. The summed E-state index contributed by atoms with van der Waals surface area (Å²) in [5, 5.41) is 0. The van der Waals surface area contributed by atoms with Crippen LogP contribution in [0.4, 0.5) is 0 Å².